The Morgan fingerprint density at radius 3 is 2.31 bits per heavy atom. The molecule has 0 aromatic heterocycles. The second kappa shape index (κ2) is 3.59. The fraction of sp³-hybridized carbons (Fsp3) is 0.600. The van der Waals surface area contributed by atoms with Crippen LogP contribution in [-0.2, 0) is 12.8 Å². The van der Waals surface area contributed by atoms with Gasteiger partial charge in [0.15, 0.2) is 0 Å². The normalized spacial score (nSPS) is 26.6. The minimum absolute atomic E-state index is 0.401. The largest absolute Gasteiger partial charge is 0.308 e. The molecule has 1 N–H and O–H groups in total. The summed E-state index contributed by atoms with van der Waals surface area (Å²) in [6, 6.07) is 9.68. The molecule has 0 radical (unpaired) electrons. The highest BCUT2D eigenvalue weighted by molar-refractivity contribution is 5.37. The molecule has 1 spiro atoms. The van der Waals surface area contributed by atoms with E-state index in [0.29, 0.717) is 5.54 Å². The molecule has 2 aliphatic rings. The first-order valence-corrected chi connectivity index (χ1v) is 6.53. The number of hydrogen-bond acceptors (Lipinski definition) is 1. The Morgan fingerprint density at radius 2 is 1.81 bits per heavy atom. The first-order valence-electron chi connectivity index (χ1n) is 6.53. The lowest BCUT2D eigenvalue weighted by Gasteiger charge is -2.26. The third kappa shape index (κ3) is 1.58. The molecule has 1 atom stereocenters. The van der Waals surface area contributed by atoms with Crippen molar-refractivity contribution in [1.29, 1.82) is 0 Å². The van der Waals surface area contributed by atoms with E-state index in [9.17, 15) is 0 Å². The van der Waals surface area contributed by atoms with Gasteiger partial charge in [0.1, 0.15) is 0 Å². The Balaban J connectivity index is 1.81. The van der Waals surface area contributed by atoms with Gasteiger partial charge in [0.2, 0.25) is 0 Å². The molecule has 1 heterocycles. The second-order valence-corrected chi connectivity index (χ2v) is 5.94. The Hall–Kier alpha value is -0.820. The van der Waals surface area contributed by atoms with Crippen LogP contribution < -0.4 is 5.32 Å². The maximum Gasteiger partial charge on any atom is 0.0265 e. The van der Waals surface area contributed by atoms with Gasteiger partial charge < -0.3 is 5.32 Å². The van der Waals surface area contributed by atoms with Crippen LogP contribution >= 0.6 is 0 Å². The highest BCUT2D eigenvalue weighted by atomic mass is 15.1. The van der Waals surface area contributed by atoms with Gasteiger partial charge in [0.25, 0.3) is 0 Å². The highest BCUT2D eigenvalue weighted by Gasteiger charge is 2.43. The zero-order valence-electron chi connectivity index (χ0n) is 10.3. The summed E-state index contributed by atoms with van der Waals surface area (Å²) in [7, 11) is 0. The molecule has 3 rings (SSSR count). The fourth-order valence-corrected chi connectivity index (χ4v) is 3.44. The summed E-state index contributed by atoms with van der Waals surface area (Å²) in [5.41, 5.74) is 3.54. The van der Waals surface area contributed by atoms with E-state index < -0.39 is 0 Å². The molecule has 0 saturated carbocycles. The molecule has 1 aromatic rings. The Morgan fingerprint density at radius 1 is 1.19 bits per heavy atom. The molecular weight excluding hydrogens is 194 g/mol. The van der Waals surface area contributed by atoms with Crippen molar-refractivity contribution in [2.75, 3.05) is 0 Å². The molecule has 1 saturated heterocycles. The molecule has 16 heavy (non-hydrogen) atoms. The molecule has 1 unspecified atom stereocenters. The van der Waals surface area contributed by atoms with Gasteiger partial charge in [-0.05, 0) is 42.7 Å². The quantitative estimate of drug-likeness (QED) is 0.759. The molecule has 1 aliphatic heterocycles. The van der Waals surface area contributed by atoms with Gasteiger partial charge in [-0.2, -0.15) is 0 Å². The van der Waals surface area contributed by atoms with E-state index in [4.69, 9.17) is 0 Å². The van der Waals surface area contributed by atoms with E-state index in [-0.39, 0.29) is 0 Å². The van der Waals surface area contributed by atoms with Crippen molar-refractivity contribution in [3.63, 3.8) is 0 Å². The fourth-order valence-electron chi connectivity index (χ4n) is 3.44. The summed E-state index contributed by atoms with van der Waals surface area (Å²) in [5.74, 6) is 0.767. The topological polar surface area (TPSA) is 12.0 Å². The molecule has 0 bridgehead atoms. The van der Waals surface area contributed by atoms with Crippen molar-refractivity contribution >= 4 is 0 Å². The monoisotopic (exact) mass is 215 g/mol. The standard InChI is InChI=1S/C15H21N/c1-11(2)14-7-8-15(16-14)9-12-5-3-4-6-13(12)10-15/h3-6,11,14,16H,7-10H2,1-2H3. The molecular formula is C15H21N. The van der Waals surface area contributed by atoms with Crippen LogP contribution in [0.4, 0.5) is 0 Å². The van der Waals surface area contributed by atoms with Crippen LogP contribution in [0.25, 0.3) is 0 Å². The molecule has 86 valence electrons. The van der Waals surface area contributed by atoms with Crippen molar-refractivity contribution in [1.82, 2.24) is 5.32 Å². The lowest BCUT2D eigenvalue weighted by atomic mass is 9.94. The summed E-state index contributed by atoms with van der Waals surface area (Å²) in [6.07, 6.45) is 5.19. The lowest BCUT2D eigenvalue weighted by Crippen LogP contribution is -2.45. The number of fused-ring (bicyclic) bond motifs is 1. The molecule has 1 heteroatoms. The third-order valence-corrected chi connectivity index (χ3v) is 4.41. The van der Waals surface area contributed by atoms with Crippen LogP contribution in [0.2, 0.25) is 0 Å². The van der Waals surface area contributed by atoms with E-state index in [1.807, 2.05) is 0 Å². The van der Waals surface area contributed by atoms with Crippen molar-refractivity contribution in [3.05, 3.63) is 35.4 Å². The van der Waals surface area contributed by atoms with Gasteiger partial charge in [0, 0.05) is 11.6 Å². The summed E-state index contributed by atoms with van der Waals surface area (Å²) in [4.78, 5) is 0. The lowest BCUT2D eigenvalue weighted by molar-refractivity contribution is 0.343. The maximum absolute atomic E-state index is 3.91. The predicted octanol–water partition coefficient (Wildman–Crippen LogP) is 2.93. The summed E-state index contributed by atoms with van der Waals surface area (Å²) in [6.45, 7) is 4.66. The predicted molar refractivity (Wildman–Crippen MR) is 67.6 cm³/mol. The number of rotatable bonds is 1. The van der Waals surface area contributed by atoms with Gasteiger partial charge in [-0.15, -0.1) is 0 Å². The minimum Gasteiger partial charge on any atom is -0.308 e. The molecule has 1 nitrogen and oxygen atoms in total. The van der Waals surface area contributed by atoms with E-state index in [0.717, 1.165) is 12.0 Å². The van der Waals surface area contributed by atoms with Crippen LogP contribution in [0.15, 0.2) is 24.3 Å². The van der Waals surface area contributed by atoms with Crippen LogP contribution in [0.3, 0.4) is 0 Å². The van der Waals surface area contributed by atoms with Gasteiger partial charge in [0.05, 0.1) is 0 Å². The maximum atomic E-state index is 3.91. The second-order valence-electron chi connectivity index (χ2n) is 5.94. The number of hydrogen-bond donors (Lipinski definition) is 1. The van der Waals surface area contributed by atoms with Crippen LogP contribution in [0, 0.1) is 5.92 Å². The third-order valence-electron chi connectivity index (χ3n) is 4.41. The average Bonchev–Trinajstić information content (AvgIpc) is 2.82. The summed E-state index contributed by atoms with van der Waals surface area (Å²) >= 11 is 0. The highest BCUT2D eigenvalue weighted by Crippen LogP contribution is 2.38. The molecule has 1 aromatic carbocycles. The Kier molecular flexibility index (Phi) is 2.32. The van der Waals surface area contributed by atoms with Crippen LogP contribution in [0.1, 0.15) is 37.8 Å². The number of nitrogens with one attached hydrogen (secondary N) is 1. The Bertz CT molecular complexity index is 369. The van der Waals surface area contributed by atoms with E-state index >= 15 is 0 Å². The molecule has 1 aliphatic carbocycles. The first kappa shape index (κ1) is 10.3. The van der Waals surface area contributed by atoms with Crippen molar-refractivity contribution in [2.45, 2.75) is 51.1 Å². The van der Waals surface area contributed by atoms with Crippen molar-refractivity contribution in [2.24, 2.45) is 5.92 Å². The average molecular weight is 215 g/mol. The van der Waals surface area contributed by atoms with Crippen LogP contribution in [-0.4, -0.2) is 11.6 Å². The first-order chi connectivity index (χ1) is 7.69. The number of benzene rings is 1. The van der Waals surface area contributed by atoms with Crippen LogP contribution in [0.5, 0.6) is 0 Å². The molecule has 0 amide bonds. The van der Waals surface area contributed by atoms with Crippen molar-refractivity contribution < 1.29 is 0 Å². The smallest absolute Gasteiger partial charge is 0.0265 e. The summed E-state index contributed by atoms with van der Waals surface area (Å²) < 4.78 is 0. The molecule has 1 fully saturated rings. The van der Waals surface area contributed by atoms with E-state index in [1.54, 1.807) is 11.1 Å². The van der Waals surface area contributed by atoms with Gasteiger partial charge in [-0.1, -0.05) is 38.1 Å². The van der Waals surface area contributed by atoms with E-state index in [2.05, 4.69) is 43.4 Å². The van der Waals surface area contributed by atoms with Gasteiger partial charge in [-0.25, -0.2) is 0 Å². The van der Waals surface area contributed by atoms with Gasteiger partial charge >= 0.3 is 0 Å². The summed E-state index contributed by atoms with van der Waals surface area (Å²) in [5, 5.41) is 3.91. The van der Waals surface area contributed by atoms with Gasteiger partial charge in [-0.3, -0.25) is 0 Å². The Labute approximate surface area is 98.3 Å². The zero-order chi connectivity index (χ0) is 11.2. The van der Waals surface area contributed by atoms with Crippen molar-refractivity contribution in [3.8, 4) is 0 Å². The SMILES string of the molecule is CC(C)C1CCC2(Cc3ccccc3C2)N1. The minimum atomic E-state index is 0.401. The zero-order valence-corrected chi connectivity index (χ0v) is 10.3. The van der Waals surface area contributed by atoms with E-state index in [1.165, 1.54) is 25.7 Å².